The minimum Gasteiger partial charge on any atom is -0.491 e. The van der Waals surface area contributed by atoms with Crippen molar-refractivity contribution in [2.24, 2.45) is 0 Å². The molecule has 0 aliphatic carbocycles. The van der Waals surface area contributed by atoms with Gasteiger partial charge in [-0.2, -0.15) is 5.16 Å². The zero-order chi connectivity index (χ0) is 19.4. The molecule has 1 aromatic carbocycles. The van der Waals surface area contributed by atoms with Crippen LogP contribution in [-0.4, -0.2) is 22.9 Å². The number of nitrogens with one attached hydrogen (secondary N) is 1. The third kappa shape index (κ3) is 4.78. The van der Waals surface area contributed by atoms with Gasteiger partial charge < -0.3 is 14.0 Å². The SMILES string of the molecule is CC(C)Oc1cccc(C(C)(C)COc2ccc(-c3cc(=O)[nH]o3)cn2)c1. The molecule has 2 aromatic heterocycles. The second-order valence-corrected chi connectivity index (χ2v) is 7.33. The van der Waals surface area contributed by atoms with E-state index in [0.717, 1.165) is 11.3 Å². The van der Waals surface area contributed by atoms with E-state index >= 15 is 0 Å². The Hall–Kier alpha value is -3.02. The molecule has 0 saturated carbocycles. The highest BCUT2D eigenvalue weighted by Crippen LogP contribution is 2.28. The molecule has 0 amide bonds. The number of ether oxygens (including phenoxy) is 2. The van der Waals surface area contributed by atoms with Crippen LogP contribution in [-0.2, 0) is 5.41 Å². The fraction of sp³-hybridized carbons (Fsp3) is 0.333. The van der Waals surface area contributed by atoms with Crippen molar-refractivity contribution >= 4 is 0 Å². The quantitative estimate of drug-likeness (QED) is 0.677. The first-order valence-electron chi connectivity index (χ1n) is 8.88. The molecule has 0 unspecified atom stereocenters. The van der Waals surface area contributed by atoms with Crippen molar-refractivity contribution < 1.29 is 14.0 Å². The van der Waals surface area contributed by atoms with Crippen LogP contribution < -0.4 is 15.0 Å². The van der Waals surface area contributed by atoms with Crippen molar-refractivity contribution in [2.75, 3.05) is 6.61 Å². The van der Waals surface area contributed by atoms with Crippen molar-refractivity contribution in [2.45, 2.75) is 39.2 Å². The first-order valence-corrected chi connectivity index (χ1v) is 8.88. The van der Waals surface area contributed by atoms with Gasteiger partial charge in [-0.3, -0.25) is 4.79 Å². The van der Waals surface area contributed by atoms with E-state index in [9.17, 15) is 4.79 Å². The van der Waals surface area contributed by atoms with Gasteiger partial charge in [0, 0.05) is 23.2 Å². The van der Waals surface area contributed by atoms with E-state index in [1.165, 1.54) is 6.07 Å². The highest BCUT2D eigenvalue weighted by atomic mass is 16.5. The molecular formula is C21H24N2O4. The van der Waals surface area contributed by atoms with Gasteiger partial charge >= 0.3 is 0 Å². The van der Waals surface area contributed by atoms with Crippen LogP contribution in [0.15, 0.2) is 58.0 Å². The summed E-state index contributed by atoms with van der Waals surface area (Å²) in [7, 11) is 0. The predicted molar refractivity (Wildman–Crippen MR) is 103 cm³/mol. The monoisotopic (exact) mass is 368 g/mol. The Bertz CT molecular complexity index is 939. The zero-order valence-electron chi connectivity index (χ0n) is 16.0. The average molecular weight is 368 g/mol. The molecule has 0 atom stereocenters. The first kappa shape index (κ1) is 18.8. The molecule has 6 heteroatoms. The van der Waals surface area contributed by atoms with E-state index in [2.05, 4.69) is 30.1 Å². The molecule has 3 rings (SSSR count). The number of hydrogen-bond acceptors (Lipinski definition) is 5. The fourth-order valence-electron chi connectivity index (χ4n) is 2.64. The van der Waals surface area contributed by atoms with Gasteiger partial charge in [0.25, 0.3) is 5.56 Å². The van der Waals surface area contributed by atoms with Gasteiger partial charge in [0.15, 0.2) is 5.76 Å². The lowest BCUT2D eigenvalue weighted by Gasteiger charge is -2.26. The minimum absolute atomic E-state index is 0.131. The van der Waals surface area contributed by atoms with Crippen LogP contribution in [0, 0.1) is 0 Å². The van der Waals surface area contributed by atoms with Crippen molar-refractivity contribution in [3.05, 3.63) is 64.6 Å². The molecule has 142 valence electrons. The molecule has 0 fully saturated rings. The Morgan fingerprint density at radius 1 is 1.19 bits per heavy atom. The van der Waals surface area contributed by atoms with E-state index in [4.69, 9.17) is 14.0 Å². The maximum Gasteiger partial charge on any atom is 0.280 e. The second-order valence-electron chi connectivity index (χ2n) is 7.33. The normalized spacial score (nSPS) is 11.6. The fourth-order valence-corrected chi connectivity index (χ4v) is 2.64. The average Bonchev–Trinajstić information content (AvgIpc) is 3.07. The molecule has 1 N–H and O–H groups in total. The first-order chi connectivity index (χ1) is 12.8. The maximum atomic E-state index is 11.2. The number of nitrogens with zero attached hydrogens (tertiary/aromatic N) is 1. The molecule has 2 heterocycles. The van der Waals surface area contributed by atoms with E-state index in [1.54, 1.807) is 18.3 Å². The van der Waals surface area contributed by atoms with E-state index in [0.29, 0.717) is 23.8 Å². The summed E-state index contributed by atoms with van der Waals surface area (Å²) >= 11 is 0. The summed E-state index contributed by atoms with van der Waals surface area (Å²) in [6.07, 6.45) is 1.75. The lowest BCUT2D eigenvalue weighted by atomic mass is 9.85. The van der Waals surface area contributed by atoms with E-state index in [1.807, 2.05) is 32.0 Å². The zero-order valence-corrected chi connectivity index (χ0v) is 16.0. The topological polar surface area (TPSA) is 77.4 Å². The molecule has 3 aromatic rings. The third-order valence-electron chi connectivity index (χ3n) is 4.11. The van der Waals surface area contributed by atoms with Crippen LogP contribution in [0.2, 0.25) is 0 Å². The van der Waals surface area contributed by atoms with Gasteiger partial charge in [-0.05, 0) is 37.6 Å². The Labute approximate surface area is 158 Å². The van der Waals surface area contributed by atoms with Crippen molar-refractivity contribution in [1.29, 1.82) is 0 Å². The van der Waals surface area contributed by atoms with Crippen LogP contribution in [0.1, 0.15) is 33.3 Å². The molecule has 27 heavy (non-hydrogen) atoms. The molecule has 0 aliphatic heterocycles. The molecule has 0 bridgehead atoms. The van der Waals surface area contributed by atoms with Gasteiger partial charge in [-0.25, -0.2) is 4.98 Å². The highest BCUT2D eigenvalue weighted by molar-refractivity contribution is 5.55. The summed E-state index contributed by atoms with van der Waals surface area (Å²) in [4.78, 5) is 15.5. The van der Waals surface area contributed by atoms with Crippen LogP contribution >= 0.6 is 0 Å². The Kier molecular flexibility index (Phi) is 5.35. The Morgan fingerprint density at radius 3 is 2.63 bits per heavy atom. The van der Waals surface area contributed by atoms with Crippen LogP contribution in [0.4, 0.5) is 0 Å². The summed E-state index contributed by atoms with van der Waals surface area (Å²) in [6, 6.07) is 13.0. The van der Waals surface area contributed by atoms with Gasteiger partial charge in [0.05, 0.1) is 18.8 Å². The molecule has 0 saturated heterocycles. The van der Waals surface area contributed by atoms with Gasteiger partial charge in [0.2, 0.25) is 5.88 Å². The van der Waals surface area contributed by atoms with Gasteiger partial charge in [-0.1, -0.05) is 26.0 Å². The lowest BCUT2D eigenvalue weighted by molar-refractivity contribution is 0.228. The van der Waals surface area contributed by atoms with Crippen molar-refractivity contribution in [3.8, 4) is 23.0 Å². The van der Waals surface area contributed by atoms with Gasteiger partial charge in [0.1, 0.15) is 5.75 Å². The van der Waals surface area contributed by atoms with Crippen LogP contribution in [0.3, 0.4) is 0 Å². The third-order valence-corrected chi connectivity index (χ3v) is 4.11. The molecule has 0 radical (unpaired) electrons. The number of pyridine rings is 1. The maximum absolute atomic E-state index is 11.2. The molecule has 6 nitrogen and oxygen atoms in total. The van der Waals surface area contributed by atoms with Crippen LogP contribution in [0.5, 0.6) is 11.6 Å². The lowest BCUT2D eigenvalue weighted by Crippen LogP contribution is -2.26. The van der Waals surface area contributed by atoms with E-state index in [-0.39, 0.29) is 17.1 Å². The minimum atomic E-state index is -0.282. The summed E-state index contributed by atoms with van der Waals surface area (Å²) in [5, 5.41) is 2.26. The second kappa shape index (κ2) is 7.70. The van der Waals surface area contributed by atoms with Gasteiger partial charge in [-0.15, -0.1) is 0 Å². The summed E-state index contributed by atoms with van der Waals surface area (Å²) < 4.78 is 16.7. The smallest absolute Gasteiger partial charge is 0.280 e. The molecule has 0 aliphatic rings. The number of H-pyrrole nitrogens is 1. The standard InChI is InChI=1S/C21H24N2O4/c1-14(2)26-17-7-5-6-16(10-17)21(3,4)13-25-20-9-8-15(12-22-20)18-11-19(24)23-27-18/h5-12,14H,13H2,1-4H3,(H,23,24). The van der Waals surface area contributed by atoms with Crippen molar-refractivity contribution in [1.82, 2.24) is 10.1 Å². The Balaban J connectivity index is 1.67. The number of rotatable bonds is 7. The predicted octanol–water partition coefficient (Wildman–Crippen LogP) is 4.17. The molecule has 0 spiro atoms. The summed E-state index contributed by atoms with van der Waals surface area (Å²) in [6.45, 7) is 8.71. The molecular weight excluding hydrogens is 344 g/mol. The summed E-state index contributed by atoms with van der Waals surface area (Å²) in [5.41, 5.74) is 1.34. The summed E-state index contributed by atoms with van der Waals surface area (Å²) in [5.74, 6) is 1.81. The van der Waals surface area contributed by atoms with Crippen LogP contribution in [0.25, 0.3) is 11.3 Å². The number of aromatic amines is 1. The largest absolute Gasteiger partial charge is 0.491 e. The Morgan fingerprint density at radius 2 is 2.00 bits per heavy atom. The highest BCUT2D eigenvalue weighted by Gasteiger charge is 2.22. The number of hydrogen-bond donors (Lipinski definition) is 1. The number of benzene rings is 1. The van der Waals surface area contributed by atoms with E-state index < -0.39 is 0 Å². The van der Waals surface area contributed by atoms with Crippen molar-refractivity contribution in [3.63, 3.8) is 0 Å². The number of aromatic nitrogens is 2.